The lowest BCUT2D eigenvalue weighted by Gasteiger charge is -2.35. The molecule has 6 nitrogen and oxygen atoms in total. The number of aromatic hydroxyl groups is 1. The third kappa shape index (κ3) is 3.02. The summed E-state index contributed by atoms with van der Waals surface area (Å²) in [5.41, 5.74) is 3.43. The van der Waals surface area contributed by atoms with Gasteiger partial charge in [-0.1, -0.05) is 30.3 Å². The highest BCUT2D eigenvalue weighted by Gasteiger charge is 2.39. The molecule has 0 fully saturated rings. The molecule has 0 saturated carbocycles. The smallest absolute Gasteiger partial charge is 0.226 e. The molecule has 2 aromatic carbocycles. The summed E-state index contributed by atoms with van der Waals surface area (Å²) in [4.78, 5) is 18.8. The van der Waals surface area contributed by atoms with E-state index in [1.165, 1.54) is 11.2 Å². The third-order valence-electron chi connectivity index (χ3n) is 5.67. The summed E-state index contributed by atoms with van der Waals surface area (Å²) in [7, 11) is 0. The normalized spacial score (nSPS) is 20.8. The molecule has 0 bridgehead atoms. The molecule has 29 heavy (non-hydrogen) atoms. The first kappa shape index (κ1) is 18.0. The minimum Gasteiger partial charge on any atom is -0.508 e. The van der Waals surface area contributed by atoms with Gasteiger partial charge in [-0.05, 0) is 42.0 Å². The van der Waals surface area contributed by atoms with Gasteiger partial charge in [-0.2, -0.15) is 10.1 Å². The van der Waals surface area contributed by atoms with Crippen molar-refractivity contribution in [3.63, 3.8) is 0 Å². The van der Waals surface area contributed by atoms with E-state index in [4.69, 9.17) is 0 Å². The van der Waals surface area contributed by atoms with Crippen LogP contribution in [0.15, 0.2) is 71.0 Å². The number of rotatable bonds is 3. The monoisotopic (exact) mass is 404 g/mol. The van der Waals surface area contributed by atoms with E-state index in [0.717, 1.165) is 22.4 Å². The van der Waals surface area contributed by atoms with Crippen LogP contribution in [0.3, 0.4) is 0 Å². The number of anilines is 1. The summed E-state index contributed by atoms with van der Waals surface area (Å²) in [6, 6.07) is 15.2. The first-order valence-electron chi connectivity index (χ1n) is 9.50. The van der Waals surface area contributed by atoms with Gasteiger partial charge in [0.1, 0.15) is 18.1 Å². The molecule has 0 unspecified atom stereocenters. The second kappa shape index (κ2) is 7.08. The largest absolute Gasteiger partial charge is 0.508 e. The number of carbonyl (C=O) groups is 1. The Kier molecular flexibility index (Phi) is 4.39. The first-order valence-corrected chi connectivity index (χ1v) is 10.7. The molecular formula is C22H20N4O2S. The molecule has 0 amide bonds. The van der Waals surface area contributed by atoms with Crippen molar-refractivity contribution < 1.29 is 9.90 Å². The summed E-state index contributed by atoms with van der Waals surface area (Å²) in [5, 5.41) is 18.0. The number of nitrogens with zero attached hydrogens (tertiary/aromatic N) is 3. The maximum absolute atomic E-state index is 13.3. The van der Waals surface area contributed by atoms with Gasteiger partial charge in [0.2, 0.25) is 5.95 Å². The van der Waals surface area contributed by atoms with Gasteiger partial charge in [0.05, 0.1) is 0 Å². The number of carbonyl (C=O) groups excluding carboxylic acids is 1. The average Bonchev–Trinajstić information content (AvgIpc) is 3.20. The highest BCUT2D eigenvalue weighted by atomic mass is 32.2. The highest BCUT2D eigenvalue weighted by Crippen LogP contribution is 2.45. The van der Waals surface area contributed by atoms with Crippen molar-refractivity contribution in [1.29, 1.82) is 0 Å². The highest BCUT2D eigenvalue weighted by molar-refractivity contribution is 7.98. The van der Waals surface area contributed by atoms with E-state index in [1.807, 2.05) is 18.4 Å². The number of para-hydroxylation sites is 1. The molecule has 1 aliphatic carbocycles. The first-order chi connectivity index (χ1) is 14.2. The minimum absolute atomic E-state index is 0.0658. The van der Waals surface area contributed by atoms with E-state index >= 15 is 0 Å². The van der Waals surface area contributed by atoms with Crippen LogP contribution >= 0.6 is 11.8 Å². The SMILES string of the molecule is CSc1ccc([C@H]2C3=C(C[C@@H](c4ccccc4O)CC3=O)Nc3ncnn32)cc1. The fourth-order valence-electron chi connectivity index (χ4n) is 4.30. The van der Waals surface area contributed by atoms with Crippen LogP contribution in [0.2, 0.25) is 0 Å². The number of hydrogen-bond acceptors (Lipinski definition) is 6. The molecule has 0 saturated heterocycles. The predicted molar refractivity (Wildman–Crippen MR) is 112 cm³/mol. The van der Waals surface area contributed by atoms with Crippen LogP contribution in [0.25, 0.3) is 0 Å². The van der Waals surface area contributed by atoms with Crippen LogP contribution in [-0.4, -0.2) is 31.9 Å². The lowest BCUT2D eigenvalue weighted by molar-refractivity contribution is -0.116. The number of allylic oxidation sites excluding steroid dienone is 2. The van der Waals surface area contributed by atoms with Crippen LogP contribution in [0.1, 0.15) is 35.9 Å². The van der Waals surface area contributed by atoms with Crippen molar-refractivity contribution in [3.8, 4) is 5.75 Å². The molecule has 2 aliphatic rings. The molecule has 146 valence electrons. The Hall–Kier alpha value is -3.06. The molecule has 7 heteroatoms. The van der Waals surface area contributed by atoms with Gasteiger partial charge >= 0.3 is 0 Å². The number of aromatic nitrogens is 3. The number of phenols is 1. The van der Waals surface area contributed by atoms with Gasteiger partial charge in [-0.15, -0.1) is 11.8 Å². The van der Waals surface area contributed by atoms with E-state index in [1.54, 1.807) is 28.6 Å². The number of phenolic OH excluding ortho intramolecular Hbond substituents is 1. The van der Waals surface area contributed by atoms with E-state index in [2.05, 4.69) is 39.7 Å². The lowest BCUT2D eigenvalue weighted by Crippen LogP contribution is -2.33. The Morgan fingerprint density at radius 2 is 1.93 bits per heavy atom. The van der Waals surface area contributed by atoms with E-state index < -0.39 is 0 Å². The molecule has 5 rings (SSSR count). The summed E-state index contributed by atoms with van der Waals surface area (Å²) in [6.45, 7) is 0. The number of benzene rings is 2. The Morgan fingerprint density at radius 1 is 1.14 bits per heavy atom. The zero-order valence-corrected chi connectivity index (χ0v) is 16.7. The standard InChI is InChI=1S/C22H20N4O2S/c1-29-15-8-6-13(7-9-15)21-20-17(25-22-23-12-24-26(21)22)10-14(11-19(20)28)16-4-2-3-5-18(16)27/h2-9,12,14,21,27H,10-11H2,1H3,(H,23,24,25)/t14-,21+/m1/s1. The van der Waals surface area contributed by atoms with E-state index in [-0.39, 0.29) is 23.5 Å². The Morgan fingerprint density at radius 3 is 2.69 bits per heavy atom. The molecule has 3 aromatic rings. The molecule has 2 heterocycles. The fraction of sp³-hybridized carbons (Fsp3) is 0.227. The lowest BCUT2D eigenvalue weighted by atomic mass is 9.77. The number of nitrogens with one attached hydrogen (secondary N) is 1. The number of hydrogen-bond donors (Lipinski definition) is 2. The molecule has 0 spiro atoms. The molecule has 1 aliphatic heterocycles. The topological polar surface area (TPSA) is 80.0 Å². The second-order valence-electron chi connectivity index (χ2n) is 7.31. The zero-order valence-electron chi connectivity index (χ0n) is 15.9. The third-order valence-corrected chi connectivity index (χ3v) is 6.41. The van der Waals surface area contributed by atoms with Crippen molar-refractivity contribution in [3.05, 3.63) is 77.3 Å². The van der Waals surface area contributed by atoms with Crippen molar-refractivity contribution in [2.45, 2.75) is 29.7 Å². The Labute approximate surface area is 172 Å². The molecule has 0 radical (unpaired) electrons. The van der Waals surface area contributed by atoms with Crippen molar-refractivity contribution in [2.75, 3.05) is 11.6 Å². The summed E-state index contributed by atoms with van der Waals surface area (Å²) >= 11 is 1.68. The van der Waals surface area contributed by atoms with Crippen molar-refractivity contribution in [1.82, 2.24) is 14.8 Å². The molecular weight excluding hydrogens is 384 g/mol. The number of ketones is 1. The average molecular weight is 404 g/mol. The van der Waals surface area contributed by atoms with Crippen molar-refractivity contribution >= 4 is 23.5 Å². The Balaban J connectivity index is 1.59. The van der Waals surface area contributed by atoms with Crippen LogP contribution < -0.4 is 5.32 Å². The zero-order chi connectivity index (χ0) is 20.0. The van der Waals surface area contributed by atoms with Crippen molar-refractivity contribution in [2.24, 2.45) is 0 Å². The van der Waals surface area contributed by atoms with E-state index in [0.29, 0.717) is 18.8 Å². The fourth-order valence-corrected chi connectivity index (χ4v) is 4.71. The number of Topliss-reactive ketones (excluding diaryl/α,β-unsaturated/α-hetero) is 1. The van der Waals surface area contributed by atoms with Gasteiger partial charge < -0.3 is 10.4 Å². The van der Waals surface area contributed by atoms with Gasteiger partial charge in [0.15, 0.2) is 5.78 Å². The van der Waals surface area contributed by atoms with Crippen LogP contribution in [0.4, 0.5) is 5.95 Å². The maximum atomic E-state index is 13.3. The Bertz CT molecular complexity index is 1120. The van der Waals surface area contributed by atoms with Gasteiger partial charge in [-0.3, -0.25) is 4.79 Å². The summed E-state index contributed by atoms with van der Waals surface area (Å²) in [5.74, 6) is 0.877. The van der Waals surface area contributed by atoms with Gasteiger partial charge in [0.25, 0.3) is 0 Å². The van der Waals surface area contributed by atoms with Gasteiger partial charge in [0, 0.05) is 28.5 Å². The quantitative estimate of drug-likeness (QED) is 0.639. The molecule has 2 atom stereocenters. The van der Waals surface area contributed by atoms with Gasteiger partial charge in [-0.25, -0.2) is 4.68 Å². The summed E-state index contributed by atoms with van der Waals surface area (Å²) < 4.78 is 1.78. The molecule has 1 aromatic heterocycles. The number of fused-ring (bicyclic) bond motifs is 1. The molecule has 2 N–H and O–H groups in total. The maximum Gasteiger partial charge on any atom is 0.226 e. The van der Waals surface area contributed by atoms with Crippen LogP contribution in [0, 0.1) is 0 Å². The number of thioether (sulfide) groups is 1. The summed E-state index contributed by atoms with van der Waals surface area (Å²) in [6.07, 6.45) is 4.56. The second-order valence-corrected chi connectivity index (χ2v) is 8.19. The minimum atomic E-state index is -0.294. The van der Waals surface area contributed by atoms with E-state index in [9.17, 15) is 9.90 Å². The predicted octanol–water partition coefficient (Wildman–Crippen LogP) is 4.12. The van der Waals surface area contributed by atoms with Crippen LogP contribution in [-0.2, 0) is 4.79 Å². The van der Waals surface area contributed by atoms with Crippen LogP contribution in [0.5, 0.6) is 5.75 Å².